The summed E-state index contributed by atoms with van der Waals surface area (Å²) in [4.78, 5) is 31.3. The number of amides is 1. The Morgan fingerprint density at radius 3 is 2.76 bits per heavy atom. The summed E-state index contributed by atoms with van der Waals surface area (Å²) in [5, 5.41) is 18.1. The molecule has 2 aromatic carbocycles. The Balaban J connectivity index is 1.56. The molecule has 0 saturated carbocycles. The van der Waals surface area contributed by atoms with E-state index in [4.69, 9.17) is 0 Å². The fourth-order valence-corrected chi connectivity index (χ4v) is 2.88. The van der Waals surface area contributed by atoms with Gasteiger partial charge in [0.15, 0.2) is 0 Å². The van der Waals surface area contributed by atoms with Crippen LogP contribution in [0.25, 0.3) is 5.69 Å². The molecule has 0 aliphatic heterocycles. The Kier molecular flexibility index (Phi) is 4.81. The van der Waals surface area contributed by atoms with Crippen molar-refractivity contribution in [3.8, 4) is 5.69 Å². The SMILES string of the molecule is O=C(Nc1cccc(Cn2ccnc2)c1)c1ccc(-n2cncn2)c([N+](=O)[O-])c1. The first kappa shape index (κ1) is 18.0. The second kappa shape index (κ2) is 7.72. The molecule has 0 aliphatic rings. The lowest BCUT2D eigenvalue weighted by Crippen LogP contribution is -2.13. The molecule has 0 fully saturated rings. The number of nitro benzene ring substituents is 1. The van der Waals surface area contributed by atoms with E-state index >= 15 is 0 Å². The van der Waals surface area contributed by atoms with E-state index in [9.17, 15) is 14.9 Å². The molecule has 29 heavy (non-hydrogen) atoms. The van der Waals surface area contributed by atoms with E-state index in [1.54, 1.807) is 18.6 Å². The van der Waals surface area contributed by atoms with Gasteiger partial charge in [-0.15, -0.1) is 0 Å². The van der Waals surface area contributed by atoms with Gasteiger partial charge >= 0.3 is 0 Å². The Bertz CT molecular complexity index is 1150. The minimum atomic E-state index is -0.556. The van der Waals surface area contributed by atoms with Crippen molar-refractivity contribution in [1.29, 1.82) is 0 Å². The molecule has 1 amide bonds. The van der Waals surface area contributed by atoms with Crippen LogP contribution < -0.4 is 5.32 Å². The summed E-state index contributed by atoms with van der Waals surface area (Å²) in [6.07, 6.45) is 7.89. The molecule has 10 heteroatoms. The molecule has 0 saturated heterocycles. The minimum absolute atomic E-state index is 0.167. The molecule has 2 aromatic heterocycles. The molecule has 10 nitrogen and oxygen atoms in total. The Morgan fingerprint density at radius 1 is 1.14 bits per heavy atom. The van der Waals surface area contributed by atoms with Crippen LogP contribution in [-0.2, 0) is 6.54 Å². The summed E-state index contributed by atoms with van der Waals surface area (Å²) in [6.45, 7) is 0.613. The van der Waals surface area contributed by atoms with Crippen LogP contribution in [0.2, 0.25) is 0 Å². The minimum Gasteiger partial charge on any atom is -0.333 e. The van der Waals surface area contributed by atoms with Gasteiger partial charge in [0, 0.05) is 36.3 Å². The van der Waals surface area contributed by atoms with Gasteiger partial charge in [0.05, 0.1) is 11.3 Å². The summed E-state index contributed by atoms with van der Waals surface area (Å²) in [6, 6.07) is 11.6. The molecule has 0 radical (unpaired) electrons. The number of nitrogens with one attached hydrogen (secondary N) is 1. The summed E-state index contributed by atoms with van der Waals surface area (Å²) >= 11 is 0. The standard InChI is InChI=1S/C19H15N7O3/c27-19(23-16-3-1-2-14(8-16)10-24-7-6-20-12-24)15-4-5-17(18(9-15)26(28)29)25-13-21-11-22-25/h1-9,11-13H,10H2,(H,23,27). The van der Waals surface area contributed by atoms with Crippen molar-refractivity contribution in [3.05, 3.63) is 95.1 Å². The molecule has 0 aliphatic carbocycles. The zero-order valence-electron chi connectivity index (χ0n) is 15.0. The first-order valence-electron chi connectivity index (χ1n) is 8.59. The first-order chi connectivity index (χ1) is 14.1. The highest BCUT2D eigenvalue weighted by Gasteiger charge is 2.19. The highest BCUT2D eigenvalue weighted by atomic mass is 16.6. The maximum Gasteiger partial charge on any atom is 0.295 e. The zero-order valence-corrected chi connectivity index (χ0v) is 15.0. The lowest BCUT2D eigenvalue weighted by molar-refractivity contribution is -0.384. The second-order valence-corrected chi connectivity index (χ2v) is 6.19. The average molecular weight is 389 g/mol. The van der Waals surface area contributed by atoms with Crippen LogP contribution in [0.15, 0.2) is 73.8 Å². The van der Waals surface area contributed by atoms with E-state index in [1.165, 1.54) is 35.5 Å². The van der Waals surface area contributed by atoms with Gasteiger partial charge in [0.2, 0.25) is 0 Å². The number of carbonyl (C=O) groups excluding carboxylic acids is 1. The highest BCUT2D eigenvalue weighted by Crippen LogP contribution is 2.24. The van der Waals surface area contributed by atoms with E-state index in [1.807, 2.05) is 29.0 Å². The van der Waals surface area contributed by atoms with E-state index in [0.29, 0.717) is 12.2 Å². The van der Waals surface area contributed by atoms with E-state index < -0.39 is 10.8 Å². The molecule has 144 valence electrons. The van der Waals surface area contributed by atoms with Gasteiger partial charge in [0.1, 0.15) is 18.3 Å². The van der Waals surface area contributed by atoms with Crippen LogP contribution in [0.3, 0.4) is 0 Å². The van der Waals surface area contributed by atoms with Crippen LogP contribution in [0.1, 0.15) is 15.9 Å². The van der Waals surface area contributed by atoms with Crippen molar-refractivity contribution in [2.24, 2.45) is 0 Å². The molecule has 4 rings (SSSR count). The van der Waals surface area contributed by atoms with Gasteiger partial charge in [-0.2, -0.15) is 5.10 Å². The summed E-state index contributed by atoms with van der Waals surface area (Å²) in [5.41, 5.74) is 1.73. The fourth-order valence-electron chi connectivity index (χ4n) is 2.88. The number of hydrogen-bond acceptors (Lipinski definition) is 6. The third-order valence-electron chi connectivity index (χ3n) is 4.21. The van der Waals surface area contributed by atoms with Crippen molar-refractivity contribution < 1.29 is 9.72 Å². The molecule has 0 unspecified atom stereocenters. The Labute approximate surface area is 164 Å². The number of aromatic nitrogens is 5. The molecular weight excluding hydrogens is 374 g/mol. The molecule has 2 heterocycles. The van der Waals surface area contributed by atoms with Gasteiger partial charge < -0.3 is 9.88 Å². The topological polar surface area (TPSA) is 121 Å². The maximum atomic E-state index is 12.6. The predicted molar refractivity (Wildman–Crippen MR) is 104 cm³/mol. The number of nitro groups is 1. The summed E-state index contributed by atoms with van der Waals surface area (Å²) in [7, 11) is 0. The quantitative estimate of drug-likeness (QED) is 0.400. The molecule has 4 aromatic rings. The molecular formula is C19H15N7O3. The number of imidazole rings is 1. The summed E-state index contributed by atoms with van der Waals surface area (Å²) in [5.74, 6) is -0.446. The number of rotatable bonds is 6. The van der Waals surface area contributed by atoms with Crippen LogP contribution in [0.4, 0.5) is 11.4 Å². The largest absolute Gasteiger partial charge is 0.333 e. The molecule has 0 atom stereocenters. The van der Waals surface area contributed by atoms with Crippen molar-refractivity contribution in [1.82, 2.24) is 24.3 Å². The van der Waals surface area contributed by atoms with Gasteiger partial charge in [-0.25, -0.2) is 14.6 Å². The fraction of sp³-hybridized carbons (Fsp3) is 0.0526. The molecule has 0 bridgehead atoms. The van der Waals surface area contributed by atoms with Gasteiger partial charge in [-0.05, 0) is 29.8 Å². The lowest BCUT2D eigenvalue weighted by Gasteiger charge is -2.09. The number of anilines is 1. The van der Waals surface area contributed by atoms with Gasteiger partial charge in [-0.3, -0.25) is 14.9 Å². The number of nitrogens with zero attached hydrogens (tertiary/aromatic N) is 6. The molecule has 1 N–H and O–H groups in total. The van der Waals surface area contributed by atoms with Crippen molar-refractivity contribution >= 4 is 17.3 Å². The van der Waals surface area contributed by atoms with Crippen LogP contribution in [0.5, 0.6) is 0 Å². The van der Waals surface area contributed by atoms with Gasteiger partial charge in [0.25, 0.3) is 11.6 Å². The van der Waals surface area contributed by atoms with Crippen molar-refractivity contribution in [3.63, 3.8) is 0 Å². The van der Waals surface area contributed by atoms with E-state index in [0.717, 1.165) is 5.56 Å². The lowest BCUT2D eigenvalue weighted by atomic mass is 10.1. The number of carbonyl (C=O) groups is 1. The zero-order chi connectivity index (χ0) is 20.2. The highest BCUT2D eigenvalue weighted by molar-refractivity contribution is 6.05. The van der Waals surface area contributed by atoms with E-state index in [-0.39, 0.29) is 16.9 Å². The van der Waals surface area contributed by atoms with Crippen LogP contribution in [-0.4, -0.2) is 35.1 Å². The third-order valence-corrected chi connectivity index (χ3v) is 4.21. The van der Waals surface area contributed by atoms with Crippen molar-refractivity contribution in [2.75, 3.05) is 5.32 Å². The normalized spacial score (nSPS) is 10.6. The third kappa shape index (κ3) is 4.00. The summed E-state index contributed by atoms with van der Waals surface area (Å²) < 4.78 is 3.19. The average Bonchev–Trinajstić information content (AvgIpc) is 3.42. The van der Waals surface area contributed by atoms with Crippen LogP contribution >= 0.6 is 0 Å². The second-order valence-electron chi connectivity index (χ2n) is 6.19. The number of benzene rings is 2. The van der Waals surface area contributed by atoms with Crippen LogP contribution in [0, 0.1) is 10.1 Å². The van der Waals surface area contributed by atoms with Gasteiger partial charge in [-0.1, -0.05) is 12.1 Å². The smallest absolute Gasteiger partial charge is 0.295 e. The van der Waals surface area contributed by atoms with Crippen molar-refractivity contribution in [2.45, 2.75) is 6.54 Å². The van der Waals surface area contributed by atoms with E-state index in [2.05, 4.69) is 20.4 Å². The maximum absolute atomic E-state index is 12.6. The first-order valence-corrected chi connectivity index (χ1v) is 8.59. The molecule has 0 spiro atoms. The Hall–Kier alpha value is -4.34. The monoisotopic (exact) mass is 389 g/mol. The number of hydrogen-bond donors (Lipinski definition) is 1. The Morgan fingerprint density at radius 2 is 2.03 bits per heavy atom. The predicted octanol–water partition coefficient (Wildman–Crippen LogP) is 2.67.